The lowest BCUT2D eigenvalue weighted by molar-refractivity contribution is 0.330. The molecule has 0 bridgehead atoms. The molecule has 106 valence electrons. The molecule has 2 heteroatoms. The average molecular weight is 260 g/mol. The Hall–Kier alpha value is -1.18. The molecule has 1 N–H and O–H groups in total. The normalized spacial score (nSPS) is 23.2. The van der Waals surface area contributed by atoms with E-state index >= 15 is 0 Å². The number of nitrogens with zero attached hydrogens (tertiary/aromatic N) is 1. The van der Waals surface area contributed by atoms with Crippen molar-refractivity contribution in [3.8, 4) is 0 Å². The average Bonchev–Trinajstić information content (AvgIpc) is 2.41. The van der Waals surface area contributed by atoms with Crippen molar-refractivity contribution in [2.24, 2.45) is 5.92 Å². The van der Waals surface area contributed by atoms with Crippen molar-refractivity contribution in [2.45, 2.75) is 52.0 Å². The quantitative estimate of drug-likeness (QED) is 0.861. The summed E-state index contributed by atoms with van der Waals surface area (Å²) in [5.74, 6) is 0.968. The first-order valence-corrected chi connectivity index (χ1v) is 7.64. The third-order valence-electron chi connectivity index (χ3n) is 4.51. The van der Waals surface area contributed by atoms with E-state index in [-0.39, 0.29) is 0 Å². The highest BCUT2D eigenvalue weighted by atomic mass is 15.1. The van der Waals surface area contributed by atoms with Crippen molar-refractivity contribution in [3.05, 3.63) is 23.8 Å². The molecule has 1 aliphatic rings. The summed E-state index contributed by atoms with van der Waals surface area (Å²) in [5.41, 5.74) is 3.94. The maximum Gasteiger partial charge on any atom is 0.0373 e. The van der Waals surface area contributed by atoms with Crippen LogP contribution in [0.4, 0.5) is 11.4 Å². The van der Waals surface area contributed by atoms with Gasteiger partial charge in [-0.1, -0.05) is 13.3 Å². The fourth-order valence-electron chi connectivity index (χ4n) is 3.02. The number of rotatable bonds is 4. The van der Waals surface area contributed by atoms with Crippen LogP contribution in [0.15, 0.2) is 18.2 Å². The van der Waals surface area contributed by atoms with Gasteiger partial charge in [-0.15, -0.1) is 0 Å². The molecular formula is C17H28N2. The Morgan fingerprint density at radius 2 is 1.84 bits per heavy atom. The van der Waals surface area contributed by atoms with Crippen molar-refractivity contribution in [1.29, 1.82) is 0 Å². The first kappa shape index (κ1) is 14.2. The van der Waals surface area contributed by atoms with E-state index in [2.05, 4.69) is 56.4 Å². The van der Waals surface area contributed by atoms with Crippen LogP contribution in [-0.4, -0.2) is 20.1 Å². The molecule has 1 aliphatic carbocycles. The second kappa shape index (κ2) is 6.31. The highest BCUT2D eigenvalue weighted by molar-refractivity contribution is 5.60. The zero-order chi connectivity index (χ0) is 13.8. The second-order valence-electron chi connectivity index (χ2n) is 6.16. The van der Waals surface area contributed by atoms with E-state index < -0.39 is 0 Å². The summed E-state index contributed by atoms with van der Waals surface area (Å²) in [4.78, 5) is 2.16. The number of anilines is 2. The highest BCUT2D eigenvalue weighted by Gasteiger charge is 2.20. The maximum atomic E-state index is 3.74. The van der Waals surface area contributed by atoms with Crippen LogP contribution in [0.1, 0.15) is 44.6 Å². The van der Waals surface area contributed by atoms with Gasteiger partial charge in [-0.25, -0.2) is 0 Å². The molecule has 2 rings (SSSR count). The van der Waals surface area contributed by atoms with Crippen LogP contribution < -0.4 is 10.2 Å². The molecule has 2 nitrogen and oxygen atoms in total. The summed E-state index contributed by atoms with van der Waals surface area (Å²) in [6, 6.07) is 7.37. The van der Waals surface area contributed by atoms with Gasteiger partial charge in [0.15, 0.2) is 0 Å². The summed E-state index contributed by atoms with van der Waals surface area (Å²) in [5, 5.41) is 3.74. The van der Waals surface area contributed by atoms with Gasteiger partial charge in [-0.3, -0.25) is 0 Å². The van der Waals surface area contributed by atoms with Gasteiger partial charge in [-0.2, -0.15) is 0 Å². The fourth-order valence-corrected chi connectivity index (χ4v) is 3.02. The summed E-state index contributed by atoms with van der Waals surface area (Å²) >= 11 is 0. The SMILES string of the molecule is CCC1CCC(Nc2ccc(N(C)C)cc2C)CC1. The molecule has 1 aromatic rings. The van der Waals surface area contributed by atoms with Crippen LogP contribution in [0.25, 0.3) is 0 Å². The van der Waals surface area contributed by atoms with Crippen LogP contribution in [0.2, 0.25) is 0 Å². The topological polar surface area (TPSA) is 15.3 Å². The molecule has 19 heavy (non-hydrogen) atoms. The molecule has 0 amide bonds. The third kappa shape index (κ3) is 3.65. The molecular weight excluding hydrogens is 232 g/mol. The number of hydrogen-bond donors (Lipinski definition) is 1. The van der Waals surface area contributed by atoms with E-state index in [0.717, 1.165) is 5.92 Å². The number of nitrogens with one attached hydrogen (secondary N) is 1. The highest BCUT2D eigenvalue weighted by Crippen LogP contribution is 2.30. The van der Waals surface area contributed by atoms with Crippen LogP contribution in [0, 0.1) is 12.8 Å². The molecule has 1 fully saturated rings. The molecule has 0 heterocycles. The molecule has 0 saturated heterocycles. The largest absolute Gasteiger partial charge is 0.382 e. The molecule has 0 aromatic heterocycles. The minimum Gasteiger partial charge on any atom is -0.382 e. The number of benzene rings is 1. The zero-order valence-electron chi connectivity index (χ0n) is 12.9. The smallest absolute Gasteiger partial charge is 0.0373 e. The Morgan fingerprint density at radius 3 is 2.37 bits per heavy atom. The Balaban J connectivity index is 1.96. The lowest BCUT2D eigenvalue weighted by Gasteiger charge is -2.30. The van der Waals surface area contributed by atoms with Gasteiger partial charge in [0, 0.05) is 31.5 Å². The first-order chi connectivity index (χ1) is 9.10. The summed E-state index contributed by atoms with van der Waals surface area (Å²) in [7, 11) is 4.18. The van der Waals surface area contributed by atoms with Crippen molar-refractivity contribution < 1.29 is 0 Å². The van der Waals surface area contributed by atoms with Crippen molar-refractivity contribution in [2.75, 3.05) is 24.3 Å². The third-order valence-corrected chi connectivity index (χ3v) is 4.51. The Morgan fingerprint density at radius 1 is 1.16 bits per heavy atom. The predicted octanol–water partition coefficient (Wildman–Crippen LogP) is 4.44. The molecule has 0 spiro atoms. The van der Waals surface area contributed by atoms with Crippen molar-refractivity contribution in [3.63, 3.8) is 0 Å². The zero-order valence-corrected chi connectivity index (χ0v) is 12.9. The minimum atomic E-state index is 0.673. The molecule has 0 aliphatic heterocycles. The summed E-state index contributed by atoms with van der Waals surface area (Å²) in [6.45, 7) is 4.52. The van der Waals surface area contributed by atoms with Crippen LogP contribution in [-0.2, 0) is 0 Å². The number of hydrogen-bond acceptors (Lipinski definition) is 2. The van der Waals surface area contributed by atoms with Gasteiger partial charge in [0.05, 0.1) is 0 Å². The van der Waals surface area contributed by atoms with Crippen LogP contribution in [0.3, 0.4) is 0 Å². The summed E-state index contributed by atoms with van der Waals surface area (Å²) < 4.78 is 0. The standard InChI is InChI=1S/C17H28N2/c1-5-14-6-8-15(9-7-14)18-17-11-10-16(19(3)4)12-13(17)2/h10-12,14-15,18H,5-9H2,1-4H3. The lowest BCUT2D eigenvalue weighted by atomic mass is 9.84. The number of aryl methyl sites for hydroxylation is 1. The molecule has 0 radical (unpaired) electrons. The van der Waals surface area contributed by atoms with Gasteiger partial charge < -0.3 is 10.2 Å². The first-order valence-electron chi connectivity index (χ1n) is 7.64. The molecule has 0 atom stereocenters. The van der Waals surface area contributed by atoms with E-state index in [1.54, 1.807) is 0 Å². The van der Waals surface area contributed by atoms with E-state index in [1.807, 2.05) is 0 Å². The Labute approximate surface area is 118 Å². The van der Waals surface area contributed by atoms with Crippen LogP contribution >= 0.6 is 0 Å². The molecule has 1 aromatic carbocycles. The van der Waals surface area contributed by atoms with Gasteiger partial charge in [0.2, 0.25) is 0 Å². The maximum absolute atomic E-state index is 3.74. The predicted molar refractivity (Wildman–Crippen MR) is 85.2 cm³/mol. The Bertz CT molecular complexity index is 404. The van der Waals surface area contributed by atoms with Gasteiger partial charge >= 0.3 is 0 Å². The monoisotopic (exact) mass is 260 g/mol. The van der Waals surface area contributed by atoms with E-state index in [1.165, 1.54) is 49.0 Å². The molecule has 0 unspecified atom stereocenters. The lowest BCUT2D eigenvalue weighted by Crippen LogP contribution is -2.26. The van der Waals surface area contributed by atoms with E-state index in [4.69, 9.17) is 0 Å². The van der Waals surface area contributed by atoms with Gasteiger partial charge in [0.1, 0.15) is 0 Å². The summed E-state index contributed by atoms with van der Waals surface area (Å²) in [6.07, 6.45) is 6.79. The fraction of sp³-hybridized carbons (Fsp3) is 0.647. The van der Waals surface area contributed by atoms with E-state index in [9.17, 15) is 0 Å². The minimum absolute atomic E-state index is 0.673. The van der Waals surface area contributed by atoms with Crippen molar-refractivity contribution in [1.82, 2.24) is 0 Å². The van der Waals surface area contributed by atoms with Gasteiger partial charge in [-0.05, 0) is 62.3 Å². The molecule has 1 saturated carbocycles. The second-order valence-corrected chi connectivity index (χ2v) is 6.16. The Kier molecular flexibility index (Phi) is 4.73. The van der Waals surface area contributed by atoms with Crippen molar-refractivity contribution >= 4 is 11.4 Å². The van der Waals surface area contributed by atoms with E-state index in [0.29, 0.717) is 6.04 Å². The van der Waals surface area contributed by atoms with Gasteiger partial charge in [0.25, 0.3) is 0 Å². The van der Waals surface area contributed by atoms with Crippen LogP contribution in [0.5, 0.6) is 0 Å².